The lowest BCUT2D eigenvalue weighted by atomic mass is 9.95. The zero-order chi connectivity index (χ0) is 34.6. The Morgan fingerprint density at radius 3 is 2.12 bits per heavy atom. The molecule has 1 fully saturated rings. The highest BCUT2D eigenvalue weighted by Gasteiger charge is 2.35. The quantitative estimate of drug-likeness (QED) is 0.189. The normalized spacial score (nSPS) is 15.6. The SMILES string of the molecule is CC(C)(C)COc1ccc(-c2cnc(-c3ccc(CC(NC(=O)c4ccc(C(C)(C)C)s4)C(=O)N4CCC(C(=O)O)C4)cc3)nc2)cc1. The van der Waals surface area contributed by atoms with Crippen LogP contribution in [0, 0.1) is 11.3 Å². The van der Waals surface area contributed by atoms with Crippen molar-refractivity contribution < 1.29 is 24.2 Å². The number of nitrogens with one attached hydrogen (secondary N) is 1. The number of aliphatic carboxylic acids is 1. The number of carboxylic acids is 1. The smallest absolute Gasteiger partial charge is 0.308 e. The molecule has 4 aromatic rings. The summed E-state index contributed by atoms with van der Waals surface area (Å²) in [6, 6.07) is 18.4. The molecule has 2 N–H and O–H groups in total. The lowest BCUT2D eigenvalue weighted by Crippen LogP contribution is -2.49. The van der Waals surface area contributed by atoms with E-state index in [-0.39, 0.29) is 35.6 Å². The van der Waals surface area contributed by atoms with Gasteiger partial charge in [0.15, 0.2) is 5.82 Å². The Morgan fingerprint density at radius 2 is 1.56 bits per heavy atom. The summed E-state index contributed by atoms with van der Waals surface area (Å²) in [5.41, 5.74) is 3.53. The van der Waals surface area contributed by atoms with Crippen LogP contribution in [0.3, 0.4) is 0 Å². The Balaban J connectivity index is 1.28. The van der Waals surface area contributed by atoms with Gasteiger partial charge in [-0.15, -0.1) is 11.3 Å². The lowest BCUT2D eigenvalue weighted by Gasteiger charge is -2.24. The van der Waals surface area contributed by atoms with Crippen LogP contribution in [0.2, 0.25) is 0 Å². The van der Waals surface area contributed by atoms with Crippen LogP contribution in [0.1, 0.15) is 68.1 Å². The van der Waals surface area contributed by atoms with Gasteiger partial charge < -0.3 is 20.1 Å². The van der Waals surface area contributed by atoms with E-state index in [1.165, 1.54) is 11.3 Å². The van der Waals surface area contributed by atoms with E-state index in [4.69, 9.17) is 4.74 Å². The fourth-order valence-corrected chi connectivity index (χ4v) is 6.34. The third kappa shape index (κ3) is 8.86. The molecule has 48 heavy (non-hydrogen) atoms. The maximum Gasteiger partial charge on any atom is 0.308 e. The highest BCUT2D eigenvalue weighted by atomic mass is 32.1. The maximum atomic E-state index is 13.7. The van der Waals surface area contributed by atoms with Crippen LogP contribution in [0.15, 0.2) is 73.1 Å². The van der Waals surface area contributed by atoms with Crippen molar-refractivity contribution in [1.29, 1.82) is 0 Å². The number of thiophene rings is 1. The van der Waals surface area contributed by atoms with Crippen molar-refractivity contribution in [2.45, 2.75) is 65.8 Å². The summed E-state index contributed by atoms with van der Waals surface area (Å²) in [5.74, 6) is -0.726. The molecule has 0 aliphatic carbocycles. The molecular weight excluding hydrogens is 625 g/mol. The third-order valence-electron chi connectivity index (χ3n) is 8.18. The fourth-order valence-electron chi connectivity index (χ4n) is 5.37. The Hall–Kier alpha value is -4.57. The van der Waals surface area contributed by atoms with Gasteiger partial charge in [-0.2, -0.15) is 0 Å². The van der Waals surface area contributed by atoms with Crippen LogP contribution in [0.25, 0.3) is 22.5 Å². The topological polar surface area (TPSA) is 122 Å². The largest absolute Gasteiger partial charge is 0.493 e. The number of carbonyl (C=O) groups excluding carboxylic acids is 2. The molecule has 9 nitrogen and oxygen atoms in total. The van der Waals surface area contributed by atoms with Crippen LogP contribution in [0.5, 0.6) is 5.75 Å². The molecule has 0 saturated carbocycles. The number of benzene rings is 2. The van der Waals surface area contributed by atoms with Crippen LogP contribution < -0.4 is 10.1 Å². The second kappa shape index (κ2) is 14.3. The van der Waals surface area contributed by atoms with Crippen molar-refractivity contribution in [3.63, 3.8) is 0 Å². The van der Waals surface area contributed by atoms with Gasteiger partial charge in [-0.05, 0) is 52.6 Å². The van der Waals surface area contributed by atoms with Gasteiger partial charge in [0.05, 0.1) is 17.4 Å². The number of nitrogens with zero attached hydrogens (tertiary/aromatic N) is 3. The minimum absolute atomic E-state index is 0.0810. The summed E-state index contributed by atoms with van der Waals surface area (Å²) in [5, 5.41) is 12.4. The summed E-state index contributed by atoms with van der Waals surface area (Å²) in [4.78, 5) is 50.9. The number of likely N-dealkylation sites (tertiary alicyclic amines) is 1. The Bertz CT molecular complexity index is 1740. The highest BCUT2D eigenvalue weighted by molar-refractivity contribution is 7.14. The maximum absolute atomic E-state index is 13.7. The van der Waals surface area contributed by atoms with Gasteiger partial charge >= 0.3 is 5.97 Å². The van der Waals surface area contributed by atoms with E-state index in [1.54, 1.807) is 23.4 Å². The van der Waals surface area contributed by atoms with Crippen LogP contribution in [0.4, 0.5) is 0 Å². The monoisotopic (exact) mass is 668 g/mol. The second-order valence-corrected chi connectivity index (χ2v) is 15.7. The standard InChI is InChI=1S/C38H44N4O5S/c1-37(2,3)23-47-29-13-11-25(12-14-29)28-20-39-33(40-21-28)26-9-7-24(8-10-26)19-30(35(44)42-18-17-27(22-42)36(45)46)41-34(43)31-15-16-32(48-31)38(4,5)6/h7-16,20-21,27,30H,17-19,22-23H2,1-6H3,(H,41,43)(H,45,46). The average molecular weight is 669 g/mol. The van der Waals surface area contributed by atoms with Crippen molar-refractivity contribution in [2.75, 3.05) is 19.7 Å². The molecule has 2 atom stereocenters. The molecule has 2 amide bonds. The molecule has 10 heteroatoms. The molecule has 0 bridgehead atoms. The zero-order valence-corrected chi connectivity index (χ0v) is 29.3. The summed E-state index contributed by atoms with van der Waals surface area (Å²) < 4.78 is 5.88. The van der Waals surface area contributed by atoms with E-state index in [0.717, 1.165) is 32.9 Å². The lowest BCUT2D eigenvalue weighted by molar-refractivity contribution is -0.141. The van der Waals surface area contributed by atoms with Crippen LogP contribution in [-0.2, 0) is 21.4 Å². The molecule has 2 aromatic carbocycles. The predicted octanol–water partition coefficient (Wildman–Crippen LogP) is 6.87. The Kier molecular flexibility index (Phi) is 10.3. The van der Waals surface area contributed by atoms with Gasteiger partial charge in [-0.1, -0.05) is 77.9 Å². The first-order valence-electron chi connectivity index (χ1n) is 16.2. The van der Waals surface area contributed by atoms with Gasteiger partial charge in [0.2, 0.25) is 5.91 Å². The number of hydrogen-bond acceptors (Lipinski definition) is 7. The van der Waals surface area contributed by atoms with Gasteiger partial charge in [-0.25, -0.2) is 9.97 Å². The number of amides is 2. The number of aromatic nitrogens is 2. The fraction of sp³-hybridized carbons (Fsp3) is 0.395. The van der Waals surface area contributed by atoms with Gasteiger partial charge in [0.1, 0.15) is 11.8 Å². The van der Waals surface area contributed by atoms with Crippen LogP contribution in [-0.4, -0.2) is 63.5 Å². The van der Waals surface area contributed by atoms with Crippen molar-refractivity contribution in [3.05, 3.63) is 88.4 Å². The first-order valence-corrected chi connectivity index (χ1v) is 17.1. The van der Waals surface area contributed by atoms with Crippen LogP contribution >= 0.6 is 11.3 Å². The number of carbonyl (C=O) groups is 3. The number of hydrogen-bond donors (Lipinski definition) is 2. The molecular formula is C38H44N4O5S. The van der Waals surface area contributed by atoms with E-state index in [1.807, 2.05) is 54.6 Å². The first-order chi connectivity index (χ1) is 22.7. The van der Waals surface area contributed by atoms with E-state index >= 15 is 0 Å². The highest BCUT2D eigenvalue weighted by Crippen LogP contribution is 2.30. The minimum atomic E-state index is -0.913. The predicted molar refractivity (Wildman–Crippen MR) is 188 cm³/mol. The summed E-state index contributed by atoms with van der Waals surface area (Å²) in [7, 11) is 0. The van der Waals surface area contributed by atoms with Crippen molar-refractivity contribution >= 4 is 29.1 Å². The molecule has 1 aliphatic heterocycles. The minimum Gasteiger partial charge on any atom is -0.493 e. The van der Waals surface area contributed by atoms with Gasteiger partial charge in [0.25, 0.3) is 5.91 Å². The van der Waals surface area contributed by atoms with E-state index in [9.17, 15) is 19.5 Å². The van der Waals surface area contributed by atoms with Crippen molar-refractivity contribution in [1.82, 2.24) is 20.2 Å². The van der Waals surface area contributed by atoms with E-state index < -0.39 is 17.9 Å². The molecule has 252 valence electrons. The molecule has 1 aliphatic rings. The van der Waals surface area contributed by atoms with E-state index in [0.29, 0.717) is 30.3 Å². The molecule has 5 rings (SSSR count). The van der Waals surface area contributed by atoms with Crippen molar-refractivity contribution in [3.8, 4) is 28.3 Å². The van der Waals surface area contributed by atoms with Crippen molar-refractivity contribution in [2.24, 2.45) is 11.3 Å². The number of ether oxygens (including phenoxy) is 1. The van der Waals surface area contributed by atoms with Gasteiger partial charge in [0, 0.05) is 47.9 Å². The third-order valence-corrected chi connectivity index (χ3v) is 9.69. The Morgan fingerprint density at radius 1 is 0.917 bits per heavy atom. The molecule has 0 radical (unpaired) electrons. The molecule has 0 spiro atoms. The molecule has 2 aromatic heterocycles. The second-order valence-electron chi connectivity index (χ2n) is 14.6. The van der Waals surface area contributed by atoms with E-state index in [2.05, 4.69) is 56.8 Å². The number of carboxylic acid groups (broad SMARTS) is 1. The molecule has 2 unspecified atom stereocenters. The summed E-state index contributed by atoms with van der Waals surface area (Å²) >= 11 is 1.41. The average Bonchev–Trinajstić information content (AvgIpc) is 3.75. The van der Waals surface area contributed by atoms with Gasteiger partial charge in [-0.3, -0.25) is 14.4 Å². The molecule has 3 heterocycles. The number of rotatable bonds is 10. The zero-order valence-electron chi connectivity index (χ0n) is 28.4. The Labute approximate surface area is 286 Å². The molecule has 1 saturated heterocycles. The summed E-state index contributed by atoms with van der Waals surface area (Å²) in [6.45, 7) is 13.8. The first kappa shape index (κ1) is 34.8. The summed E-state index contributed by atoms with van der Waals surface area (Å²) in [6.07, 6.45) is 4.24.